The van der Waals surface area contributed by atoms with Gasteiger partial charge in [-0.05, 0) is 35.7 Å². The average Bonchev–Trinajstić information content (AvgIpc) is 2.59. The summed E-state index contributed by atoms with van der Waals surface area (Å²) in [6.07, 6.45) is -2.67. The van der Waals surface area contributed by atoms with Crippen LogP contribution in [0.4, 0.5) is 10.5 Å². The molecule has 0 aromatic heterocycles. The Bertz CT molecular complexity index is 676. The second-order valence-corrected chi connectivity index (χ2v) is 6.04. The van der Waals surface area contributed by atoms with Gasteiger partial charge in [0.15, 0.2) is 0 Å². The summed E-state index contributed by atoms with van der Waals surface area (Å²) in [6.45, 7) is 0.321. The number of nitrogen functional groups attached to an aromatic ring is 1. The molecule has 0 aliphatic rings. The Labute approximate surface area is 151 Å². The first kappa shape index (κ1) is 19.1. The second-order valence-electron chi connectivity index (χ2n) is 5.61. The number of carbonyl (C=O) groups excluding carboxylic acids is 1. The van der Waals surface area contributed by atoms with Crippen LogP contribution in [0.3, 0.4) is 0 Å². The highest BCUT2D eigenvalue weighted by Crippen LogP contribution is 2.24. The minimum Gasteiger partial charge on any atom is -0.445 e. The first-order valence-corrected chi connectivity index (χ1v) is 8.20. The van der Waals surface area contributed by atoms with E-state index in [9.17, 15) is 15.0 Å². The number of nitrogens with one attached hydrogen (secondary N) is 1. The number of amides is 1. The Kier molecular flexibility index (Phi) is 7.06. The van der Waals surface area contributed by atoms with Gasteiger partial charge in [-0.3, -0.25) is 0 Å². The number of nitrogens with two attached hydrogens (primary N) is 1. The molecule has 2 aromatic carbocycles. The van der Waals surface area contributed by atoms with E-state index in [4.69, 9.17) is 22.1 Å². The SMILES string of the molecule is Nc1cc(Cl)cc(C(O)C(O)CCNC(=O)OCc2ccccc2)c1. The average molecular weight is 365 g/mol. The number of hydrogen-bond donors (Lipinski definition) is 4. The fraction of sp³-hybridized carbons (Fsp3) is 0.278. The normalized spacial score (nSPS) is 13.1. The number of ether oxygens (including phenoxy) is 1. The number of carbonyl (C=O) groups is 1. The maximum absolute atomic E-state index is 11.6. The third-order valence-electron chi connectivity index (χ3n) is 3.57. The van der Waals surface area contributed by atoms with Crippen molar-refractivity contribution < 1.29 is 19.7 Å². The summed E-state index contributed by atoms with van der Waals surface area (Å²) in [5.74, 6) is 0. The maximum Gasteiger partial charge on any atom is 0.407 e. The molecule has 0 aliphatic heterocycles. The molecule has 25 heavy (non-hydrogen) atoms. The lowest BCUT2D eigenvalue weighted by atomic mass is 10.0. The van der Waals surface area contributed by atoms with Crippen molar-refractivity contribution in [1.82, 2.24) is 5.32 Å². The van der Waals surface area contributed by atoms with Gasteiger partial charge in [-0.15, -0.1) is 0 Å². The lowest BCUT2D eigenvalue weighted by Crippen LogP contribution is -2.29. The molecule has 6 nitrogen and oxygen atoms in total. The lowest BCUT2D eigenvalue weighted by Gasteiger charge is -2.19. The molecule has 0 radical (unpaired) electrons. The van der Waals surface area contributed by atoms with E-state index in [1.165, 1.54) is 6.07 Å². The van der Waals surface area contributed by atoms with Gasteiger partial charge in [-0.25, -0.2) is 4.79 Å². The molecule has 5 N–H and O–H groups in total. The van der Waals surface area contributed by atoms with Crippen LogP contribution in [0.5, 0.6) is 0 Å². The van der Waals surface area contributed by atoms with Crippen molar-refractivity contribution in [1.29, 1.82) is 0 Å². The molecule has 2 atom stereocenters. The smallest absolute Gasteiger partial charge is 0.407 e. The Morgan fingerprint density at radius 3 is 2.60 bits per heavy atom. The largest absolute Gasteiger partial charge is 0.445 e. The van der Waals surface area contributed by atoms with Gasteiger partial charge in [0, 0.05) is 17.3 Å². The minimum atomic E-state index is -1.15. The number of aliphatic hydroxyl groups excluding tert-OH is 2. The van der Waals surface area contributed by atoms with Crippen molar-refractivity contribution >= 4 is 23.4 Å². The van der Waals surface area contributed by atoms with Gasteiger partial charge in [-0.1, -0.05) is 41.9 Å². The number of benzene rings is 2. The Morgan fingerprint density at radius 2 is 1.92 bits per heavy atom. The van der Waals surface area contributed by atoms with Gasteiger partial charge in [0.05, 0.1) is 6.10 Å². The molecular weight excluding hydrogens is 344 g/mol. The van der Waals surface area contributed by atoms with Crippen molar-refractivity contribution in [2.24, 2.45) is 0 Å². The number of rotatable bonds is 7. The van der Waals surface area contributed by atoms with E-state index < -0.39 is 18.3 Å². The zero-order valence-corrected chi connectivity index (χ0v) is 14.3. The van der Waals surface area contributed by atoms with Gasteiger partial charge >= 0.3 is 6.09 Å². The Morgan fingerprint density at radius 1 is 1.20 bits per heavy atom. The molecule has 0 spiro atoms. The first-order valence-electron chi connectivity index (χ1n) is 7.82. The van der Waals surface area contributed by atoms with Crippen LogP contribution >= 0.6 is 11.6 Å². The number of alkyl carbamates (subject to hydrolysis) is 1. The zero-order chi connectivity index (χ0) is 18.2. The zero-order valence-electron chi connectivity index (χ0n) is 13.6. The molecule has 0 bridgehead atoms. The molecule has 2 aromatic rings. The summed E-state index contributed by atoms with van der Waals surface area (Å²) in [6, 6.07) is 13.9. The Hall–Kier alpha value is -2.28. The quantitative estimate of drug-likeness (QED) is 0.565. The number of anilines is 1. The van der Waals surface area contributed by atoms with Crippen molar-refractivity contribution in [3.8, 4) is 0 Å². The lowest BCUT2D eigenvalue weighted by molar-refractivity contribution is 0.0137. The van der Waals surface area contributed by atoms with Crippen molar-refractivity contribution in [2.45, 2.75) is 25.2 Å². The van der Waals surface area contributed by atoms with E-state index in [1.54, 1.807) is 12.1 Å². The predicted octanol–water partition coefficient (Wildman–Crippen LogP) is 2.63. The number of halogens is 1. The van der Waals surface area contributed by atoms with Crippen molar-refractivity contribution in [3.63, 3.8) is 0 Å². The summed E-state index contributed by atoms with van der Waals surface area (Å²) in [5.41, 5.74) is 7.37. The molecule has 0 saturated heterocycles. The molecule has 0 aliphatic carbocycles. The fourth-order valence-electron chi connectivity index (χ4n) is 2.28. The van der Waals surface area contributed by atoms with E-state index in [1.807, 2.05) is 30.3 Å². The highest BCUT2D eigenvalue weighted by molar-refractivity contribution is 6.30. The summed E-state index contributed by atoms with van der Waals surface area (Å²) < 4.78 is 5.06. The summed E-state index contributed by atoms with van der Waals surface area (Å²) in [5, 5.41) is 23.1. The number of aliphatic hydroxyl groups is 2. The van der Waals surface area contributed by atoms with E-state index in [0.29, 0.717) is 16.3 Å². The summed E-state index contributed by atoms with van der Waals surface area (Å²) in [4.78, 5) is 11.6. The second kappa shape index (κ2) is 9.27. The molecule has 7 heteroatoms. The van der Waals surface area contributed by atoms with E-state index in [-0.39, 0.29) is 19.6 Å². The van der Waals surface area contributed by atoms with E-state index in [0.717, 1.165) is 5.56 Å². The highest BCUT2D eigenvalue weighted by atomic mass is 35.5. The van der Waals surface area contributed by atoms with Gasteiger partial charge in [0.25, 0.3) is 0 Å². The maximum atomic E-state index is 11.6. The first-order chi connectivity index (χ1) is 12.0. The van der Waals surface area contributed by atoms with Gasteiger partial charge in [0.1, 0.15) is 12.7 Å². The van der Waals surface area contributed by atoms with Gasteiger partial charge in [0.2, 0.25) is 0 Å². The molecule has 1 amide bonds. The van der Waals surface area contributed by atoms with Crippen molar-refractivity contribution in [3.05, 3.63) is 64.7 Å². The van der Waals surface area contributed by atoms with Crippen molar-refractivity contribution in [2.75, 3.05) is 12.3 Å². The molecule has 0 fully saturated rings. The molecule has 0 saturated carbocycles. The topological polar surface area (TPSA) is 105 Å². The Balaban J connectivity index is 1.73. The fourth-order valence-corrected chi connectivity index (χ4v) is 2.53. The molecule has 0 heterocycles. The molecule has 134 valence electrons. The molecule has 2 rings (SSSR count). The van der Waals surface area contributed by atoms with Crippen LogP contribution in [0.25, 0.3) is 0 Å². The van der Waals surface area contributed by atoms with Gasteiger partial charge in [-0.2, -0.15) is 0 Å². The monoisotopic (exact) mass is 364 g/mol. The molecule has 2 unspecified atom stereocenters. The third kappa shape index (κ3) is 6.26. The third-order valence-corrected chi connectivity index (χ3v) is 3.79. The standard InChI is InChI=1S/C18H21ClN2O4/c19-14-8-13(9-15(20)10-14)17(23)16(22)6-7-21-18(24)25-11-12-4-2-1-3-5-12/h1-5,8-10,16-17,22-23H,6-7,11,20H2,(H,21,24). The molecular formula is C18H21ClN2O4. The number of hydrogen-bond acceptors (Lipinski definition) is 5. The summed E-state index contributed by atoms with van der Waals surface area (Å²) in [7, 11) is 0. The summed E-state index contributed by atoms with van der Waals surface area (Å²) >= 11 is 5.88. The van der Waals surface area contributed by atoms with Crippen LogP contribution in [0.15, 0.2) is 48.5 Å². The van der Waals surface area contributed by atoms with Crippen LogP contribution < -0.4 is 11.1 Å². The van der Waals surface area contributed by atoms with Crippen LogP contribution in [-0.2, 0) is 11.3 Å². The van der Waals surface area contributed by atoms with Crippen LogP contribution in [-0.4, -0.2) is 29.0 Å². The van der Waals surface area contributed by atoms with Crippen LogP contribution in [0, 0.1) is 0 Å². The van der Waals surface area contributed by atoms with Crippen LogP contribution in [0.1, 0.15) is 23.7 Å². The van der Waals surface area contributed by atoms with Gasteiger partial charge < -0.3 is 26.0 Å². The predicted molar refractivity (Wildman–Crippen MR) is 96.1 cm³/mol. The highest BCUT2D eigenvalue weighted by Gasteiger charge is 2.19. The van der Waals surface area contributed by atoms with E-state index in [2.05, 4.69) is 5.32 Å². The van der Waals surface area contributed by atoms with E-state index >= 15 is 0 Å². The minimum absolute atomic E-state index is 0.147. The van der Waals surface area contributed by atoms with Crippen LogP contribution in [0.2, 0.25) is 5.02 Å².